The lowest BCUT2D eigenvalue weighted by molar-refractivity contribution is 0.361. The van der Waals surface area contributed by atoms with E-state index in [0.717, 1.165) is 12.8 Å². The molecule has 5 nitrogen and oxygen atoms in total. The van der Waals surface area contributed by atoms with Crippen LogP contribution in [0.1, 0.15) is 39.2 Å². The fourth-order valence-corrected chi connectivity index (χ4v) is 3.02. The monoisotopic (exact) mass is 286 g/mol. The van der Waals surface area contributed by atoms with Crippen LogP contribution in [-0.2, 0) is 13.0 Å². The number of aromatic hydroxyl groups is 1. The zero-order valence-corrected chi connectivity index (χ0v) is 12.8. The Kier molecular flexibility index (Phi) is 5.29. The molecule has 108 valence electrons. The van der Waals surface area contributed by atoms with Crippen LogP contribution >= 0.6 is 11.8 Å². The van der Waals surface area contributed by atoms with Gasteiger partial charge in [-0.15, -0.1) is 0 Å². The highest BCUT2D eigenvalue weighted by molar-refractivity contribution is 8.00. The van der Waals surface area contributed by atoms with E-state index in [1.54, 1.807) is 18.7 Å². The van der Waals surface area contributed by atoms with Crippen LogP contribution in [0.2, 0.25) is 0 Å². The Morgan fingerprint density at radius 3 is 2.26 bits per heavy atom. The molecule has 1 rings (SSSR count). The molecule has 0 radical (unpaired) electrons. The van der Waals surface area contributed by atoms with Crippen molar-refractivity contribution in [2.24, 2.45) is 0 Å². The quantitative estimate of drug-likeness (QED) is 0.835. The van der Waals surface area contributed by atoms with Gasteiger partial charge < -0.3 is 5.11 Å². The average Bonchev–Trinajstić information content (AvgIpc) is 2.40. The van der Waals surface area contributed by atoms with Crippen LogP contribution in [0.3, 0.4) is 0 Å². The molecule has 19 heavy (non-hydrogen) atoms. The normalized spacial score (nSPS) is 11.8. The Balaban J connectivity index is 3.36. The SMILES string of the molecule is CCc1c(O)n(CC(CC)(CC)SC)c(=O)[nH]c1=O. The minimum atomic E-state index is -0.542. The van der Waals surface area contributed by atoms with Crippen molar-refractivity contribution < 1.29 is 5.11 Å². The number of aromatic nitrogens is 2. The third kappa shape index (κ3) is 3.05. The van der Waals surface area contributed by atoms with Crippen LogP contribution in [0.15, 0.2) is 9.59 Å². The van der Waals surface area contributed by atoms with E-state index in [1.807, 2.05) is 6.26 Å². The molecular formula is C13H22N2O3S. The Morgan fingerprint density at radius 1 is 1.26 bits per heavy atom. The van der Waals surface area contributed by atoms with E-state index in [9.17, 15) is 14.7 Å². The van der Waals surface area contributed by atoms with Crippen molar-refractivity contribution in [3.05, 3.63) is 26.4 Å². The molecule has 0 aliphatic heterocycles. The van der Waals surface area contributed by atoms with Gasteiger partial charge in [0.05, 0.1) is 5.56 Å². The van der Waals surface area contributed by atoms with Crippen molar-refractivity contribution >= 4 is 11.8 Å². The van der Waals surface area contributed by atoms with Crippen LogP contribution in [0, 0.1) is 0 Å². The number of nitrogens with one attached hydrogen (secondary N) is 1. The van der Waals surface area contributed by atoms with Crippen molar-refractivity contribution in [2.75, 3.05) is 6.26 Å². The average molecular weight is 286 g/mol. The van der Waals surface area contributed by atoms with Gasteiger partial charge in [0.25, 0.3) is 5.56 Å². The zero-order valence-electron chi connectivity index (χ0n) is 11.9. The molecule has 0 saturated heterocycles. The molecule has 0 amide bonds. The maximum atomic E-state index is 11.9. The van der Waals surface area contributed by atoms with Gasteiger partial charge in [-0.25, -0.2) is 4.79 Å². The predicted molar refractivity (Wildman–Crippen MR) is 79.2 cm³/mol. The van der Waals surface area contributed by atoms with E-state index in [4.69, 9.17) is 0 Å². The molecule has 0 aliphatic carbocycles. The van der Waals surface area contributed by atoms with Crippen LogP contribution < -0.4 is 11.2 Å². The van der Waals surface area contributed by atoms with Crippen LogP contribution in [0.4, 0.5) is 0 Å². The smallest absolute Gasteiger partial charge is 0.331 e. The van der Waals surface area contributed by atoms with Gasteiger partial charge in [-0.2, -0.15) is 11.8 Å². The van der Waals surface area contributed by atoms with Gasteiger partial charge in [-0.05, 0) is 25.5 Å². The number of rotatable bonds is 6. The van der Waals surface area contributed by atoms with Gasteiger partial charge >= 0.3 is 5.69 Å². The molecule has 1 aromatic heterocycles. The summed E-state index contributed by atoms with van der Waals surface area (Å²) in [5.74, 6) is -0.198. The Bertz CT molecular complexity index is 536. The number of nitrogens with zero attached hydrogens (tertiary/aromatic N) is 1. The fourth-order valence-electron chi connectivity index (χ4n) is 2.18. The lowest BCUT2D eigenvalue weighted by Gasteiger charge is -2.30. The number of hydrogen-bond donors (Lipinski definition) is 2. The van der Waals surface area contributed by atoms with E-state index < -0.39 is 11.2 Å². The van der Waals surface area contributed by atoms with Gasteiger partial charge in [-0.3, -0.25) is 14.3 Å². The van der Waals surface area contributed by atoms with Gasteiger partial charge in [0.1, 0.15) is 0 Å². The highest BCUT2D eigenvalue weighted by Gasteiger charge is 2.28. The minimum absolute atomic E-state index is 0.107. The first-order valence-electron chi connectivity index (χ1n) is 6.54. The number of H-pyrrole nitrogens is 1. The molecule has 0 aliphatic rings. The molecule has 0 bridgehead atoms. The number of hydrogen-bond acceptors (Lipinski definition) is 4. The molecule has 6 heteroatoms. The summed E-state index contributed by atoms with van der Waals surface area (Å²) in [6, 6.07) is 0. The fraction of sp³-hybridized carbons (Fsp3) is 0.692. The molecule has 0 spiro atoms. The summed E-state index contributed by atoms with van der Waals surface area (Å²) in [4.78, 5) is 25.8. The predicted octanol–water partition coefficient (Wildman–Crippen LogP) is 1.73. The second kappa shape index (κ2) is 6.32. The van der Waals surface area contributed by atoms with Gasteiger partial charge in [0.2, 0.25) is 5.88 Å². The molecule has 0 saturated carbocycles. The van der Waals surface area contributed by atoms with E-state index in [-0.39, 0.29) is 16.2 Å². The summed E-state index contributed by atoms with van der Waals surface area (Å²) in [5.41, 5.74) is -0.772. The first-order valence-corrected chi connectivity index (χ1v) is 7.77. The summed E-state index contributed by atoms with van der Waals surface area (Å²) < 4.78 is 1.17. The second-order valence-corrected chi connectivity index (χ2v) is 5.87. The third-order valence-corrected chi connectivity index (χ3v) is 5.36. The standard InChI is InChI=1S/C13H22N2O3S/c1-5-9-10(16)14-12(18)15(11(9)17)8-13(6-2,7-3)19-4/h17H,5-8H2,1-4H3,(H,14,16,18). The summed E-state index contributed by atoms with van der Waals surface area (Å²) in [6.07, 6.45) is 4.17. The highest BCUT2D eigenvalue weighted by atomic mass is 32.2. The van der Waals surface area contributed by atoms with E-state index >= 15 is 0 Å². The maximum absolute atomic E-state index is 11.9. The molecule has 1 aromatic rings. The van der Waals surface area contributed by atoms with Crippen LogP contribution in [-0.4, -0.2) is 25.7 Å². The number of aromatic amines is 1. The molecule has 0 fully saturated rings. The summed E-state index contributed by atoms with van der Waals surface area (Å²) in [7, 11) is 0. The van der Waals surface area contributed by atoms with Crippen LogP contribution in [0.5, 0.6) is 5.88 Å². The van der Waals surface area contributed by atoms with Gasteiger partial charge in [0, 0.05) is 11.3 Å². The lowest BCUT2D eigenvalue weighted by atomic mass is 10.0. The van der Waals surface area contributed by atoms with Crippen molar-refractivity contribution in [3.63, 3.8) is 0 Å². The van der Waals surface area contributed by atoms with Crippen molar-refractivity contribution in [1.29, 1.82) is 0 Å². The largest absolute Gasteiger partial charge is 0.494 e. The van der Waals surface area contributed by atoms with Gasteiger partial charge in [-0.1, -0.05) is 20.8 Å². The molecule has 0 aromatic carbocycles. The summed E-state index contributed by atoms with van der Waals surface area (Å²) >= 11 is 1.68. The van der Waals surface area contributed by atoms with Crippen LogP contribution in [0.25, 0.3) is 0 Å². The lowest BCUT2D eigenvalue weighted by Crippen LogP contribution is -2.38. The summed E-state index contributed by atoms with van der Waals surface area (Å²) in [6.45, 7) is 6.30. The van der Waals surface area contributed by atoms with E-state index in [0.29, 0.717) is 13.0 Å². The highest BCUT2D eigenvalue weighted by Crippen LogP contribution is 2.32. The third-order valence-electron chi connectivity index (χ3n) is 3.79. The van der Waals surface area contributed by atoms with E-state index in [2.05, 4.69) is 18.8 Å². The number of thioether (sulfide) groups is 1. The minimum Gasteiger partial charge on any atom is -0.494 e. The van der Waals surface area contributed by atoms with Crippen molar-refractivity contribution in [2.45, 2.75) is 51.3 Å². The maximum Gasteiger partial charge on any atom is 0.331 e. The molecule has 1 heterocycles. The molecule has 0 unspecified atom stereocenters. The molecule has 2 N–H and O–H groups in total. The first-order chi connectivity index (χ1) is 8.94. The zero-order chi connectivity index (χ0) is 14.6. The van der Waals surface area contributed by atoms with Gasteiger partial charge in [0.15, 0.2) is 0 Å². The Morgan fingerprint density at radius 2 is 1.84 bits per heavy atom. The van der Waals surface area contributed by atoms with Crippen molar-refractivity contribution in [1.82, 2.24) is 9.55 Å². The first kappa shape index (κ1) is 15.9. The Hall–Kier alpha value is -1.17. The second-order valence-electron chi connectivity index (χ2n) is 4.60. The molecule has 0 atom stereocenters. The Labute approximate surface area is 117 Å². The van der Waals surface area contributed by atoms with E-state index in [1.165, 1.54) is 4.57 Å². The topological polar surface area (TPSA) is 75.1 Å². The van der Waals surface area contributed by atoms with Crippen molar-refractivity contribution in [3.8, 4) is 5.88 Å². The molecular weight excluding hydrogens is 264 g/mol. The summed E-state index contributed by atoms with van der Waals surface area (Å²) in [5, 5.41) is 10.1.